The normalized spacial score (nSPS) is 15.0. The zero-order valence-corrected chi connectivity index (χ0v) is 21.8. The van der Waals surface area contributed by atoms with Gasteiger partial charge < -0.3 is 15.5 Å². The number of anilines is 3. The zero-order valence-electron chi connectivity index (χ0n) is 21.0. The quantitative estimate of drug-likeness (QED) is 0.453. The Morgan fingerprint density at radius 3 is 2.84 bits per heavy atom. The SMILES string of the molecule is C=CC(=O)N1CCC=C(NC(=O)c2sc3nccc4c3c2NC(=O)N4c2cnc(CC(C)C)cc2C)C1. The van der Waals surface area contributed by atoms with E-state index in [4.69, 9.17) is 0 Å². The van der Waals surface area contributed by atoms with Crippen LogP contribution in [0.5, 0.6) is 0 Å². The Balaban J connectivity index is 1.48. The number of nitrogens with zero attached hydrogens (tertiary/aromatic N) is 4. The predicted octanol–water partition coefficient (Wildman–Crippen LogP) is 4.91. The van der Waals surface area contributed by atoms with E-state index in [1.807, 2.05) is 19.1 Å². The van der Waals surface area contributed by atoms with E-state index in [9.17, 15) is 14.4 Å². The van der Waals surface area contributed by atoms with Gasteiger partial charge in [-0.15, -0.1) is 11.3 Å². The van der Waals surface area contributed by atoms with Crippen LogP contribution in [0, 0.1) is 12.8 Å². The number of urea groups is 1. The van der Waals surface area contributed by atoms with Crippen LogP contribution in [0.3, 0.4) is 0 Å². The van der Waals surface area contributed by atoms with Crippen molar-refractivity contribution in [2.24, 2.45) is 5.92 Å². The van der Waals surface area contributed by atoms with Gasteiger partial charge in [0, 0.05) is 24.1 Å². The maximum absolute atomic E-state index is 13.4. The summed E-state index contributed by atoms with van der Waals surface area (Å²) in [6, 6.07) is 3.43. The van der Waals surface area contributed by atoms with Crippen LogP contribution in [0.25, 0.3) is 10.2 Å². The van der Waals surface area contributed by atoms with Crippen LogP contribution in [-0.2, 0) is 11.2 Å². The molecule has 3 aromatic rings. The lowest BCUT2D eigenvalue weighted by Crippen LogP contribution is -2.39. The average Bonchev–Trinajstić information content (AvgIpc) is 3.24. The molecule has 190 valence electrons. The van der Waals surface area contributed by atoms with Crippen LogP contribution in [0.2, 0.25) is 0 Å². The number of aromatic nitrogens is 2. The van der Waals surface area contributed by atoms with Gasteiger partial charge in [0.15, 0.2) is 0 Å². The number of thiophene rings is 1. The summed E-state index contributed by atoms with van der Waals surface area (Å²) in [5.41, 5.74) is 4.33. The van der Waals surface area contributed by atoms with Gasteiger partial charge in [-0.2, -0.15) is 0 Å². The molecule has 9 nitrogen and oxygen atoms in total. The third kappa shape index (κ3) is 4.60. The third-order valence-corrected chi connectivity index (χ3v) is 7.46. The highest BCUT2D eigenvalue weighted by Gasteiger charge is 2.33. The Labute approximate surface area is 218 Å². The van der Waals surface area contributed by atoms with E-state index in [0.29, 0.717) is 63.3 Å². The lowest BCUT2D eigenvalue weighted by Gasteiger charge is -2.29. The van der Waals surface area contributed by atoms with Gasteiger partial charge in [0.2, 0.25) is 5.91 Å². The maximum Gasteiger partial charge on any atom is 0.331 e. The number of pyridine rings is 2. The van der Waals surface area contributed by atoms with Crippen molar-refractivity contribution >= 4 is 56.5 Å². The predicted molar refractivity (Wildman–Crippen MR) is 145 cm³/mol. The summed E-state index contributed by atoms with van der Waals surface area (Å²) < 4.78 is 0. The molecular weight excluding hydrogens is 488 g/mol. The molecular formula is C27H28N6O3S. The first-order valence-electron chi connectivity index (χ1n) is 12.2. The standard InChI is InChI=1S/C27H28N6O3S/c1-5-21(34)32-10-6-7-17(14-32)30-25(35)24-23-22-19(8-9-28-26(22)37-24)33(27(36)31-23)20-13-29-18(11-15(2)3)12-16(20)4/h5,7-9,12-13,15H,1,6,10-11,14H2,2-4H3,(H,30,35)(H,31,36). The van der Waals surface area contributed by atoms with Crippen LogP contribution in [0.15, 0.2) is 49.0 Å². The van der Waals surface area contributed by atoms with Crippen LogP contribution in [-0.4, -0.2) is 45.8 Å². The van der Waals surface area contributed by atoms with Crippen molar-refractivity contribution in [2.75, 3.05) is 23.3 Å². The molecule has 2 N–H and O–H groups in total. The minimum Gasteiger partial charge on any atom is -0.333 e. The van der Waals surface area contributed by atoms with E-state index < -0.39 is 0 Å². The topological polar surface area (TPSA) is 108 Å². The molecule has 0 unspecified atom stereocenters. The van der Waals surface area contributed by atoms with E-state index in [1.54, 1.807) is 28.3 Å². The van der Waals surface area contributed by atoms with E-state index in [1.165, 1.54) is 17.4 Å². The van der Waals surface area contributed by atoms with Crippen molar-refractivity contribution < 1.29 is 14.4 Å². The molecule has 0 radical (unpaired) electrons. The first-order valence-corrected chi connectivity index (χ1v) is 13.0. The molecule has 3 aromatic heterocycles. The Morgan fingerprint density at radius 1 is 1.30 bits per heavy atom. The number of carbonyl (C=O) groups is 3. The van der Waals surface area contributed by atoms with Gasteiger partial charge in [-0.25, -0.2) is 9.78 Å². The molecule has 0 atom stereocenters. The summed E-state index contributed by atoms with van der Waals surface area (Å²) in [7, 11) is 0. The number of hydrogen-bond acceptors (Lipinski definition) is 6. The van der Waals surface area contributed by atoms with Crippen LogP contribution in [0.1, 0.15) is 41.2 Å². The van der Waals surface area contributed by atoms with Gasteiger partial charge >= 0.3 is 6.03 Å². The first-order chi connectivity index (χ1) is 17.8. The molecule has 0 saturated heterocycles. The number of nitrogens with one attached hydrogen (secondary N) is 2. The minimum absolute atomic E-state index is 0.181. The molecule has 2 aliphatic heterocycles. The summed E-state index contributed by atoms with van der Waals surface area (Å²) in [6.07, 6.45) is 8.04. The van der Waals surface area contributed by atoms with Crippen molar-refractivity contribution in [3.05, 3.63) is 65.1 Å². The highest BCUT2D eigenvalue weighted by molar-refractivity contribution is 7.21. The Bertz CT molecular complexity index is 1470. The fourth-order valence-corrected chi connectivity index (χ4v) is 5.72. The Morgan fingerprint density at radius 2 is 2.11 bits per heavy atom. The fourth-order valence-electron chi connectivity index (χ4n) is 4.71. The summed E-state index contributed by atoms with van der Waals surface area (Å²) in [4.78, 5) is 52.0. The van der Waals surface area contributed by atoms with Gasteiger partial charge in [-0.05, 0) is 49.5 Å². The summed E-state index contributed by atoms with van der Waals surface area (Å²) in [6.45, 7) is 10.7. The summed E-state index contributed by atoms with van der Waals surface area (Å²) >= 11 is 1.22. The van der Waals surface area contributed by atoms with Gasteiger partial charge in [0.05, 0.1) is 35.2 Å². The molecule has 2 aliphatic rings. The highest BCUT2D eigenvalue weighted by Crippen LogP contribution is 2.46. The van der Waals surface area contributed by atoms with E-state index >= 15 is 0 Å². The van der Waals surface area contributed by atoms with Crippen LogP contribution >= 0.6 is 11.3 Å². The first kappa shape index (κ1) is 24.6. The monoisotopic (exact) mass is 516 g/mol. The van der Waals surface area contributed by atoms with Gasteiger partial charge in [0.1, 0.15) is 9.71 Å². The minimum atomic E-state index is -0.367. The molecule has 10 heteroatoms. The van der Waals surface area contributed by atoms with Crippen molar-refractivity contribution in [1.29, 1.82) is 0 Å². The largest absolute Gasteiger partial charge is 0.333 e. The molecule has 0 aliphatic carbocycles. The van der Waals surface area contributed by atoms with Gasteiger partial charge in [0.25, 0.3) is 5.91 Å². The Hall–Kier alpha value is -4.05. The van der Waals surface area contributed by atoms with E-state index in [0.717, 1.165) is 17.7 Å². The second-order valence-corrected chi connectivity index (χ2v) is 10.6. The van der Waals surface area contributed by atoms with Crippen LogP contribution in [0.4, 0.5) is 21.9 Å². The van der Waals surface area contributed by atoms with Crippen molar-refractivity contribution in [3.8, 4) is 0 Å². The smallest absolute Gasteiger partial charge is 0.331 e. The molecule has 0 bridgehead atoms. The molecule has 0 spiro atoms. The third-order valence-electron chi connectivity index (χ3n) is 6.36. The van der Waals surface area contributed by atoms with E-state index in [-0.39, 0.29) is 17.8 Å². The fraction of sp³-hybridized carbons (Fsp3) is 0.296. The molecule has 37 heavy (non-hydrogen) atoms. The number of aryl methyl sites for hydroxylation is 1. The number of rotatable bonds is 6. The number of amides is 4. The van der Waals surface area contributed by atoms with E-state index in [2.05, 4.69) is 41.0 Å². The summed E-state index contributed by atoms with van der Waals surface area (Å²) in [5.74, 6) is -0.0588. The lowest BCUT2D eigenvalue weighted by molar-refractivity contribution is -0.125. The lowest BCUT2D eigenvalue weighted by atomic mass is 10.1. The second-order valence-electron chi connectivity index (χ2n) is 9.58. The van der Waals surface area contributed by atoms with Gasteiger partial charge in [-0.1, -0.05) is 26.5 Å². The molecule has 0 aromatic carbocycles. The summed E-state index contributed by atoms with van der Waals surface area (Å²) in [5, 5.41) is 6.55. The molecule has 5 heterocycles. The van der Waals surface area contributed by atoms with Gasteiger partial charge in [-0.3, -0.25) is 19.5 Å². The number of hydrogen-bond donors (Lipinski definition) is 2. The Kier molecular flexibility index (Phi) is 6.51. The maximum atomic E-state index is 13.4. The van der Waals surface area contributed by atoms with Crippen molar-refractivity contribution in [2.45, 2.75) is 33.6 Å². The molecule has 0 saturated carbocycles. The zero-order chi connectivity index (χ0) is 26.3. The van der Waals surface area contributed by atoms with Crippen LogP contribution < -0.4 is 15.5 Å². The van der Waals surface area contributed by atoms with Crippen molar-refractivity contribution in [3.63, 3.8) is 0 Å². The molecule has 0 fully saturated rings. The molecule has 5 rings (SSSR count). The second kappa shape index (κ2) is 9.78. The van der Waals surface area contributed by atoms with Crippen molar-refractivity contribution in [1.82, 2.24) is 20.2 Å². The highest BCUT2D eigenvalue weighted by atomic mass is 32.1. The molecule has 4 amide bonds. The number of carbonyl (C=O) groups excluding carboxylic acids is 3. The average molecular weight is 517 g/mol.